The largest absolute Gasteiger partial charge is 0.459 e. The minimum atomic E-state index is -2.10. The number of unbranched alkanes of at least 4 members (excludes halogenated alkanes) is 3. The van der Waals surface area contributed by atoms with Gasteiger partial charge in [-0.25, -0.2) is 9.18 Å². The van der Waals surface area contributed by atoms with Crippen LogP contribution in [0.5, 0.6) is 0 Å². The van der Waals surface area contributed by atoms with Gasteiger partial charge in [-0.1, -0.05) is 59.1 Å². The highest BCUT2D eigenvalue weighted by atomic mass is 19.1. The molecular formula is C58H96FN3O15. The number of likely N-dealkylation sites (N-methyl/N-ethyl adjacent to an activating group) is 2. The second-order valence-corrected chi connectivity index (χ2v) is 25.6. The molecule has 5 fully saturated rings. The van der Waals surface area contributed by atoms with Gasteiger partial charge in [0.25, 0.3) is 0 Å². The first-order chi connectivity index (χ1) is 35.7. The third-order valence-electron chi connectivity index (χ3n) is 20.1. The number of fused-ring (bicyclic) bond motifs is 5. The fourth-order valence-electron chi connectivity index (χ4n) is 15.3. The number of hydrogen-bond donors (Lipinski definition) is 8. The molecule has 0 radical (unpaired) electrons. The average molecular weight is 1090 g/mol. The Balaban J connectivity index is 0.987. The standard InChI is InChI=1S/C58H96FN3O15/c1-14-45-56(11,72)48(68)37(7)62(13)30-32(2)28-55(10,71)49(35(5)46(66)36(6)50(69)76-45)77-51-47(67)42(26-34(4)75-51)61(12)24-18-16-15-17-23-60-52(70)74-31-44(65)58(73)33(3)25-41-40-20-19-38-27-39(63)21-22-53(38,8)57(40,59)43(64)29-54(41,58)9/h21-22,27,32-37,40-43,45-49,51,64,66-68,71-73H,14-20,23-26,28-31H2,1-13H3,(H,60,70)/t32-,33-,34-,35+,36-,37-,40+,41+,42?,43+,45-,46+,47-,48-,49-,51+,53+,54+,55-,56-,57+,58+/m1/s1. The van der Waals surface area contributed by atoms with E-state index in [1.165, 1.54) is 26.0 Å². The van der Waals surface area contributed by atoms with Gasteiger partial charge in [0, 0.05) is 47.8 Å². The second-order valence-electron chi connectivity index (χ2n) is 25.6. The molecule has 18 nitrogen and oxygen atoms in total. The number of allylic oxidation sites excluding steroid dienone is 4. The number of rotatable bonds is 14. The fourth-order valence-corrected chi connectivity index (χ4v) is 15.3. The minimum absolute atomic E-state index is 0.177. The maximum Gasteiger partial charge on any atom is 0.407 e. The van der Waals surface area contributed by atoms with E-state index in [0.717, 1.165) is 19.3 Å². The predicted molar refractivity (Wildman–Crippen MR) is 285 cm³/mol. The lowest BCUT2D eigenvalue weighted by Crippen LogP contribution is -2.69. The molecule has 0 aromatic rings. The third-order valence-corrected chi connectivity index (χ3v) is 20.1. The number of nitrogens with zero attached hydrogens (tertiary/aromatic N) is 2. The van der Waals surface area contributed by atoms with Gasteiger partial charge in [-0.15, -0.1) is 0 Å². The summed E-state index contributed by atoms with van der Waals surface area (Å²) in [5, 5.41) is 85.5. The quantitative estimate of drug-likeness (QED) is 0.0876. The van der Waals surface area contributed by atoms with E-state index in [0.29, 0.717) is 50.8 Å². The van der Waals surface area contributed by atoms with Crippen LogP contribution >= 0.6 is 0 Å². The van der Waals surface area contributed by atoms with Crippen LogP contribution in [0.4, 0.5) is 9.18 Å². The molecule has 77 heavy (non-hydrogen) atoms. The van der Waals surface area contributed by atoms with Crippen molar-refractivity contribution in [2.24, 2.45) is 46.3 Å². The number of Topliss-reactive ketones (excluding diaryl/α,β-unsaturated/α-hetero) is 1. The molecule has 4 aliphatic carbocycles. The highest BCUT2D eigenvalue weighted by molar-refractivity contribution is 6.01. The van der Waals surface area contributed by atoms with Crippen LogP contribution < -0.4 is 5.32 Å². The first kappa shape index (κ1) is 63.2. The van der Waals surface area contributed by atoms with E-state index in [9.17, 15) is 54.9 Å². The van der Waals surface area contributed by atoms with Crippen LogP contribution in [0.2, 0.25) is 0 Å². The van der Waals surface area contributed by atoms with Crippen molar-refractivity contribution < 1.29 is 78.3 Å². The lowest BCUT2D eigenvalue weighted by molar-refractivity contribution is -0.299. The Kier molecular flexibility index (Phi) is 19.9. The van der Waals surface area contributed by atoms with Gasteiger partial charge in [0.05, 0.1) is 35.9 Å². The Morgan fingerprint density at radius 3 is 2.25 bits per heavy atom. The van der Waals surface area contributed by atoms with E-state index in [-0.39, 0.29) is 43.6 Å². The average Bonchev–Trinajstić information content (AvgIpc) is 3.81. The zero-order chi connectivity index (χ0) is 57.5. The molecule has 22 atom stereocenters. The summed E-state index contributed by atoms with van der Waals surface area (Å²) in [7, 11) is 3.72. The van der Waals surface area contributed by atoms with E-state index >= 15 is 4.39 Å². The van der Waals surface area contributed by atoms with E-state index < -0.39 is 142 Å². The summed E-state index contributed by atoms with van der Waals surface area (Å²) in [5.74, 6) is -5.60. The van der Waals surface area contributed by atoms with Crippen molar-refractivity contribution in [2.75, 3.05) is 40.3 Å². The number of amides is 1. The summed E-state index contributed by atoms with van der Waals surface area (Å²) in [6.45, 7) is 19.4. The van der Waals surface area contributed by atoms with Crippen LogP contribution in [0.25, 0.3) is 0 Å². The molecule has 0 aromatic heterocycles. The Hall–Kier alpha value is -2.95. The highest BCUT2D eigenvalue weighted by Gasteiger charge is 2.75. The molecule has 0 spiro atoms. The summed E-state index contributed by atoms with van der Waals surface area (Å²) in [6.07, 6.45) is -0.780. The Morgan fingerprint density at radius 1 is 0.922 bits per heavy atom. The lowest BCUT2D eigenvalue weighted by Gasteiger charge is -2.62. The minimum Gasteiger partial charge on any atom is -0.459 e. The fraction of sp³-hybridized carbons (Fsp3) is 0.862. The first-order valence-corrected chi connectivity index (χ1v) is 28.6. The highest BCUT2D eigenvalue weighted by Crippen LogP contribution is 2.70. The number of ketones is 2. The van der Waals surface area contributed by atoms with Crippen molar-refractivity contribution >= 4 is 23.6 Å². The number of ether oxygens (including phenoxy) is 4. The number of hydrogen-bond acceptors (Lipinski definition) is 17. The normalized spacial score (nSPS) is 46.2. The molecule has 0 bridgehead atoms. The van der Waals surface area contributed by atoms with E-state index in [1.807, 2.05) is 37.7 Å². The summed E-state index contributed by atoms with van der Waals surface area (Å²) < 4.78 is 41.6. The smallest absolute Gasteiger partial charge is 0.407 e. The van der Waals surface area contributed by atoms with Crippen LogP contribution in [-0.4, -0.2) is 193 Å². The van der Waals surface area contributed by atoms with Crippen molar-refractivity contribution in [1.29, 1.82) is 0 Å². The number of alkyl halides is 1. The summed E-state index contributed by atoms with van der Waals surface area (Å²) in [5.41, 5.74) is -9.25. The number of aliphatic hydroxyl groups excluding tert-OH is 4. The van der Waals surface area contributed by atoms with Crippen LogP contribution in [0.15, 0.2) is 23.8 Å². The molecule has 2 heterocycles. The Labute approximate surface area is 456 Å². The van der Waals surface area contributed by atoms with Crippen molar-refractivity contribution in [1.82, 2.24) is 15.1 Å². The number of alkyl carbamates (subject to hydrolysis) is 1. The second kappa shape index (κ2) is 24.3. The number of nitrogens with one attached hydrogen (secondary N) is 1. The number of carbonyl (C=O) groups excluding carboxylic acids is 4. The zero-order valence-electron chi connectivity index (χ0n) is 48.2. The van der Waals surface area contributed by atoms with E-state index in [2.05, 4.69) is 5.32 Å². The molecule has 2 saturated heterocycles. The van der Waals surface area contributed by atoms with Gasteiger partial charge >= 0.3 is 12.1 Å². The summed E-state index contributed by atoms with van der Waals surface area (Å²) in [4.78, 5) is 56.6. The first-order valence-electron chi connectivity index (χ1n) is 28.6. The van der Waals surface area contributed by atoms with Crippen molar-refractivity contribution in [3.05, 3.63) is 23.8 Å². The molecule has 1 amide bonds. The predicted octanol–water partition coefficient (Wildman–Crippen LogP) is 4.55. The number of esters is 1. The maximum absolute atomic E-state index is 17.6. The van der Waals surface area contributed by atoms with Gasteiger partial charge < -0.3 is 69.8 Å². The van der Waals surface area contributed by atoms with Crippen LogP contribution in [0, 0.1) is 46.3 Å². The summed E-state index contributed by atoms with van der Waals surface area (Å²) >= 11 is 0. The Morgan fingerprint density at radius 2 is 1.58 bits per heavy atom. The zero-order valence-corrected chi connectivity index (χ0v) is 48.2. The number of cyclic esters (lactones) is 1. The third kappa shape index (κ3) is 12.0. The van der Waals surface area contributed by atoms with Crippen LogP contribution in [0.3, 0.4) is 0 Å². The van der Waals surface area contributed by atoms with E-state index in [4.69, 9.17) is 18.9 Å². The van der Waals surface area contributed by atoms with Gasteiger partial charge in [-0.05, 0) is 150 Å². The number of halogens is 1. The monoisotopic (exact) mass is 1090 g/mol. The SMILES string of the molecule is CC[C@H]1OC(=O)[C@H](C)[C@@H](O)[C@H](C)[C@@H](O[C@@H]2O[C@H](C)CC(N(C)CCCCCCNC(=O)OCC(=O)[C@@]3(O)[C@H](C)C[C@H]4[C@@H]5CCC6=CC(=O)C=C[C@]6(C)[C@@]5(F)[C@@H](O)C[C@@]43C)[C@H]2O)[C@](C)(O)C[C@@H](C)CN(C)[C@H](C)[C@@H](O)[C@]1(C)O. The topological polar surface area (TPSA) is 265 Å². The molecule has 8 N–H and O–H groups in total. The Bertz CT molecular complexity index is 2160. The number of aliphatic hydroxyl groups is 7. The molecule has 19 heteroatoms. The van der Waals surface area contributed by atoms with E-state index in [1.54, 1.807) is 54.5 Å². The van der Waals surface area contributed by atoms with Gasteiger partial charge in [0.1, 0.15) is 29.5 Å². The van der Waals surface area contributed by atoms with Gasteiger partial charge in [0.15, 0.2) is 24.3 Å². The van der Waals surface area contributed by atoms with Crippen LogP contribution in [-0.2, 0) is 33.3 Å². The number of carbonyl (C=O) groups is 4. The molecule has 2 aliphatic heterocycles. The molecule has 6 rings (SSSR count). The van der Waals surface area contributed by atoms with Gasteiger partial charge in [0.2, 0.25) is 5.78 Å². The van der Waals surface area contributed by atoms with Crippen LogP contribution in [0.1, 0.15) is 147 Å². The lowest BCUT2D eigenvalue weighted by atomic mass is 9.44. The van der Waals surface area contributed by atoms with Gasteiger partial charge in [-0.2, -0.15) is 0 Å². The maximum atomic E-state index is 17.6. The van der Waals surface area contributed by atoms with Crippen molar-refractivity contribution in [3.63, 3.8) is 0 Å². The molecular weight excluding hydrogens is 998 g/mol. The van der Waals surface area contributed by atoms with Gasteiger partial charge in [-0.3, -0.25) is 14.4 Å². The molecule has 1 unspecified atom stereocenters. The molecule has 0 aromatic carbocycles. The summed E-state index contributed by atoms with van der Waals surface area (Å²) in [6, 6.07) is -0.963. The molecule has 440 valence electrons. The van der Waals surface area contributed by atoms with Crippen molar-refractivity contribution in [2.45, 2.75) is 230 Å². The molecule has 6 aliphatic rings. The van der Waals surface area contributed by atoms with Crippen molar-refractivity contribution in [3.8, 4) is 0 Å². The molecule has 3 saturated carbocycles.